The van der Waals surface area contributed by atoms with Crippen LogP contribution in [0, 0.1) is 5.41 Å². The molecule has 4 heteroatoms. The largest absolute Gasteiger partial charge is 0.344 e. The van der Waals surface area contributed by atoms with Gasteiger partial charge in [0, 0.05) is 32.5 Å². The van der Waals surface area contributed by atoms with Crippen molar-refractivity contribution < 1.29 is 9.59 Å². The van der Waals surface area contributed by atoms with E-state index < -0.39 is 0 Å². The summed E-state index contributed by atoms with van der Waals surface area (Å²) in [5.41, 5.74) is 1.12. The van der Waals surface area contributed by atoms with Gasteiger partial charge in [0.1, 0.15) is 6.29 Å². The van der Waals surface area contributed by atoms with Gasteiger partial charge in [-0.1, -0.05) is 51.1 Å². The molecule has 0 heterocycles. The lowest BCUT2D eigenvalue weighted by Gasteiger charge is -2.34. The van der Waals surface area contributed by atoms with Gasteiger partial charge in [0.2, 0.25) is 5.91 Å². The van der Waals surface area contributed by atoms with Crippen molar-refractivity contribution in [2.75, 3.05) is 20.6 Å². The minimum absolute atomic E-state index is 0.0497. The van der Waals surface area contributed by atoms with Gasteiger partial charge in [0.05, 0.1) is 0 Å². The van der Waals surface area contributed by atoms with Crippen LogP contribution < -0.4 is 5.32 Å². The Hall–Kier alpha value is -1.68. The van der Waals surface area contributed by atoms with Crippen LogP contribution in [-0.4, -0.2) is 43.8 Å². The molecule has 0 saturated carbocycles. The van der Waals surface area contributed by atoms with E-state index in [-0.39, 0.29) is 23.3 Å². The van der Waals surface area contributed by atoms with Crippen molar-refractivity contribution in [3.63, 3.8) is 0 Å². The fourth-order valence-corrected chi connectivity index (χ4v) is 2.72. The molecule has 0 fully saturated rings. The highest BCUT2D eigenvalue weighted by Gasteiger charge is 2.26. The Morgan fingerprint density at radius 2 is 1.87 bits per heavy atom. The summed E-state index contributed by atoms with van der Waals surface area (Å²) in [6.45, 7) is 7.13. The van der Waals surface area contributed by atoms with Crippen molar-refractivity contribution >= 4 is 12.2 Å². The molecule has 0 aliphatic rings. The minimum atomic E-state index is -0.0497. The van der Waals surface area contributed by atoms with E-state index in [0.717, 1.165) is 11.8 Å². The number of hydrogen-bond donors (Lipinski definition) is 1. The average molecular weight is 318 g/mol. The highest BCUT2D eigenvalue weighted by atomic mass is 16.2. The zero-order chi connectivity index (χ0) is 17.5. The van der Waals surface area contributed by atoms with Crippen LogP contribution in [0.4, 0.5) is 0 Å². The maximum Gasteiger partial charge on any atom is 0.222 e. The highest BCUT2D eigenvalue weighted by molar-refractivity contribution is 5.77. The Morgan fingerprint density at radius 1 is 1.26 bits per heavy atom. The van der Waals surface area contributed by atoms with E-state index >= 15 is 0 Å². The number of amides is 1. The predicted molar refractivity (Wildman–Crippen MR) is 94.4 cm³/mol. The molecule has 23 heavy (non-hydrogen) atoms. The average Bonchev–Trinajstić information content (AvgIpc) is 2.51. The number of carbonyl (C=O) groups excluding carboxylic acids is 2. The number of carbonyl (C=O) groups is 2. The van der Waals surface area contributed by atoms with Crippen LogP contribution in [-0.2, 0) is 9.59 Å². The second kappa shape index (κ2) is 8.82. The van der Waals surface area contributed by atoms with Gasteiger partial charge >= 0.3 is 0 Å². The fourth-order valence-electron chi connectivity index (χ4n) is 2.72. The Balaban J connectivity index is 2.73. The van der Waals surface area contributed by atoms with E-state index in [1.165, 1.54) is 0 Å². The van der Waals surface area contributed by atoms with Gasteiger partial charge in [0.25, 0.3) is 0 Å². The lowest BCUT2D eigenvalue weighted by Crippen LogP contribution is -2.47. The predicted octanol–water partition coefficient (Wildman–Crippen LogP) is 2.84. The second-order valence-corrected chi connectivity index (χ2v) is 7.20. The van der Waals surface area contributed by atoms with Crippen LogP contribution in [0.1, 0.15) is 45.1 Å². The topological polar surface area (TPSA) is 49.4 Å². The third-order valence-electron chi connectivity index (χ3n) is 4.35. The third kappa shape index (κ3) is 6.14. The van der Waals surface area contributed by atoms with Crippen LogP contribution in [0.5, 0.6) is 0 Å². The van der Waals surface area contributed by atoms with Gasteiger partial charge < -0.3 is 15.0 Å². The monoisotopic (exact) mass is 318 g/mol. The summed E-state index contributed by atoms with van der Waals surface area (Å²) < 4.78 is 0. The maximum atomic E-state index is 12.6. The summed E-state index contributed by atoms with van der Waals surface area (Å²) in [6, 6.07) is 10.0. The maximum absolute atomic E-state index is 12.6. The fraction of sp³-hybridized carbons (Fsp3) is 0.579. The Labute approximate surface area is 140 Å². The van der Waals surface area contributed by atoms with Gasteiger partial charge in [-0.2, -0.15) is 0 Å². The van der Waals surface area contributed by atoms with Gasteiger partial charge in [-0.3, -0.25) is 4.79 Å². The van der Waals surface area contributed by atoms with Gasteiger partial charge in [-0.25, -0.2) is 0 Å². The summed E-state index contributed by atoms with van der Waals surface area (Å²) in [5, 5.41) is 3.29. The van der Waals surface area contributed by atoms with E-state index in [1.807, 2.05) is 44.4 Å². The minimum Gasteiger partial charge on any atom is -0.344 e. The molecule has 1 amide bonds. The number of nitrogens with one attached hydrogen (secondary N) is 1. The quantitative estimate of drug-likeness (QED) is 0.750. The Kier molecular flexibility index (Phi) is 7.43. The number of aldehydes is 1. The van der Waals surface area contributed by atoms with Crippen LogP contribution in [0.2, 0.25) is 0 Å². The SMILES string of the molecule is CNC(CN(C)C(=O)CC(CC=O)c1ccccc1)C(C)(C)C. The van der Waals surface area contributed by atoms with E-state index in [0.29, 0.717) is 19.4 Å². The Morgan fingerprint density at radius 3 is 2.35 bits per heavy atom. The molecule has 0 aliphatic heterocycles. The normalized spacial score (nSPS) is 14.1. The molecule has 0 aromatic heterocycles. The zero-order valence-electron chi connectivity index (χ0n) is 15.0. The molecule has 0 radical (unpaired) electrons. The highest BCUT2D eigenvalue weighted by Crippen LogP contribution is 2.24. The van der Waals surface area contributed by atoms with E-state index in [1.54, 1.807) is 4.90 Å². The summed E-state index contributed by atoms with van der Waals surface area (Å²) in [5.74, 6) is 0.0246. The molecule has 0 bridgehead atoms. The van der Waals surface area contributed by atoms with Gasteiger partial charge in [0.15, 0.2) is 0 Å². The first kappa shape index (κ1) is 19.4. The standard InChI is InChI=1S/C19H30N2O2/c1-19(2,3)17(20-4)14-21(5)18(23)13-16(11-12-22)15-9-7-6-8-10-15/h6-10,12,16-17,20H,11,13-14H2,1-5H3. The van der Waals surface area contributed by atoms with Crippen molar-refractivity contribution in [2.24, 2.45) is 5.41 Å². The van der Waals surface area contributed by atoms with Crippen LogP contribution >= 0.6 is 0 Å². The van der Waals surface area contributed by atoms with Crippen molar-refractivity contribution in [3.05, 3.63) is 35.9 Å². The Bertz CT molecular complexity index is 494. The molecule has 2 atom stereocenters. The summed E-state index contributed by atoms with van der Waals surface area (Å²) in [7, 11) is 3.76. The van der Waals surface area contributed by atoms with Crippen molar-refractivity contribution in [1.82, 2.24) is 10.2 Å². The molecule has 2 unspecified atom stereocenters. The van der Waals surface area contributed by atoms with Crippen molar-refractivity contribution in [3.8, 4) is 0 Å². The molecule has 1 aromatic rings. The van der Waals surface area contributed by atoms with E-state index in [4.69, 9.17) is 0 Å². The molecule has 0 saturated heterocycles. The first-order chi connectivity index (χ1) is 10.8. The van der Waals surface area contributed by atoms with Crippen LogP contribution in [0.15, 0.2) is 30.3 Å². The first-order valence-electron chi connectivity index (χ1n) is 8.19. The number of nitrogens with zero attached hydrogens (tertiary/aromatic N) is 1. The molecule has 0 spiro atoms. The number of hydrogen-bond acceptors (Lipinski definition) is 3. The van der Waals surface area contributed by atoms with Crippen molar-refractivity contribution in [1.29, 1.82) is 0 Å². The molecule has 1 aromatic carbocycles. The zero-order valence-corrected chi connectivity index (χ0v) is 15.0. The van der Waals surface area contributed by atoms with Crippen LogP contribution in [0.25, 0.3) is 0 Å². The van der Waals surface area contributed by atoms with E-state index in [9.17, 15) is 9.59 Å². The van der Waals surface area contributed by atoms with Gasteiger partial charge in [-0.15, -0.1) is 0 Å². The first-order valence-corrected chi connectivity index (χ1v) is 8.19. The number of benzene rings is 1. The molecule has 128 valence electrons. The molecular weight excluding hydrogens is 288 g/mol. The summed E-state index contributed by atoms with van der Waals surface area (Å²) in [6.07, 6.45) is 1.63. The lowest BCUT2D eigenvalue weighted by molar-refractivity contribution is -0.131. The molecular formula is C19H30N2O2. The smallest absolute Gasteiger partial charge is 0.222 e. The lowest BCUT2D eigenvalue weighted by atomic mass is 9.86. The second-order valence-electron chi connectivity index (χ2n) is 7.20. The third-order valence-corrected chi connectivity index (χ3v) is 4.35. The summed E-state index contributed by atoms with van der Waals surface area (Å²) in [4.78, 5) is 25.3. The van der Waals surface area contributed by atoms with Gasteiger partial charge in [-0.05, 0) is 23.9 Å². The molecule has 1 N–H and O–H groups in total. The van der Waals surface area contributed by atoms with Crippen molar-refractivity contribution in [2.45, 2.75) is 45.6 Å². The van der Waals surface area contributed by atoms with Crippen LogP contribution in [0.3, 0.4) is 0 Å². The number of likely N-dealkylation sites (N-methyl/N-ethyl adjacent to an activating group) is 2. The molecule has 0 aliphatic carbocycles. The molecule has 1 rings (SSSR count). The molecule has 4 nitrogen and oxygen atoms in total. The van der Waals surface area contributed by atoms with E-state index in [2.05, 4.69) is 26.1 Å². The summed E-state index contributed by atoms with van der Waals surface area (Å²) >= 11 is 0. The number of rotatable bonds is 8.